The second kappa shape index (κ2) is 8.24. The number of aryl methyl sites for hydroxylation is 1. The summed E-state index contributed by atoms with van der Waals surface area (Å²) in [5.41, 5.74) is 2.18. The highest BCUT2D eigenvalue weighted by Gasteiger charge is 2.29. The average molecular weight is 426 g/mol. The van der Waals surface area contributed by atoms with Crippen molar-refractivity contribution in [2.45, 2.75) is 43.0 Å². The first kappa shape index (κ1) is 20.6. The quantitative estimate of drug-likeness (QED) is 0.659. The number of aromatic nitrogens is 1. The fourth-order valence-corrected chi connectivity index (χ4v) is 5.61. The van der Waals surface area contributed by atoms with Crippen molar-refractivity contribution < 1.29 is 13.2 Å². The molecule has 1 N–H and O–H groups in total. The van der Waals surface area contributed by atoms with Gasteiger partial charge in [0, 0.05) is 42.8 Å². The Labute approximate surface area is 177 Å². The topological polar surface area (TPSA) is 71.4 Å². The van der Waals surface area contributed by atoms with E-state index in [0.717, 1.165) is 42.3 Å². The second-order valence-electron chi connectivity index (χ2n) is 7.96. The number of carbonyl (C=O) groups is 1. The van der Waals surface area contributed by atoms with Gasteiger partial charge < -0.3 is 9.88 Å². The summed E-state index contributed by atoms with van der Waals surface area (Å²) < 4.78 is 29.4. The van der Waals surface area contributed by atoms with E-state index in [1.165, 1.54) is 22.9 Å². The van der Waals surface area contributed by atoms with Crippen molar-refractivity contribution in [2.75, 3.05) is 12.4 Å². The maximum Gasteiger partial charge on any atom is 0.255 e. The molecule has 1 saturated carbocycles. The first-order valence-corrected chi connectivity index (χ1v) is 11.8. The predicted molar refractivity (Wildman–Crippen MR) is 119 cm³/mol. The number of anilines is 1. The predicted octanol–water partition coefficient (Wildman–Crippen LogP) is 4.38. The van der Waals surface area contributed by atoms with Gasteiger partial charge in [-0.2, -0.15) is 4.31 Å². The Kier molecular flexibility index (Phi) is 5.66. The fourth-order valence-electron chi connectivity index (χ4n) is 4.19. The third kappa shape index (κ3) is 3.87. The Morgan fingerprint density at radius 1 is 1.03 bits per heavy atom. The van der Waals surface area contributed by atoms with Gasteiger partial charge in [-0.15, -0.1) is 0 Å². The number of sulfonamides is 1. The van der Waals surface area contributed by atoms with Gasteiger partial charge in [0.2, 0.25) is 10.0 Å². The lowest BCUT2D eigenvalue weighted by Crippen LogP contribution is -2.38. The minimum absolute atomic E-state index is 0.0538. The molecule has 30 heavy (non-hydrogen) atoms. The Balaban J connectivity index is 1.52. The largest absolute Gasteiger partial charge is 0.350 e. The number of hydrogen-bond acceptors (Lipinski definition) is 3. The van der Waals surface area contributed by atoms with Crippen LogP contribution in [0.25, 0.3) is 10.9 Å². The zero-order valence-electron chi connectivity index (χ0n) is 17.3. The van der Waals surface area contributed by atoms with Gasteiger partial charge >= 0.3 is 0 Å². The highest BCUT2D eigenvalue weighted by molar-refractivity contribution is 7.89. The Morgan fingerprint density at radius 2 is 1.73 bits per heavy atom. The molecule has 0 atom stereocenters. The normalized spacial score (nSPS) is 15.6. The lowest BCUT2D eigenvalue weighted by Gasteiger charge is -2.30. The number of hydrogen-bond donors (Lipinski definition) is 1. The van der Waals surface area contributed by atoms with Gasteiger partial charge in [0.15, 0.2) is 0 Å². The van der Waals surface area contributed by atoms with Crippen molar-refractivity contribution in [1.82, 2.24) is 8.87 Å². The number of carbonyl (C=O) groups excluding carboxylic acids is 1. The first-order valence-electron chi connectivity index (χ1n) is 10.3. The molecule has 0 aliphatic heterocycles. The van der Waals surface area contributed by atoms with Crippen molar-refractivity contribution in [3.05, 3.63) is 60.3 Å². The summed E-state index contributed by atoms with van der Waals surface area (Å²) in [5.74, 6) is -0.268. The highest BCUT2D eigenvalue weighted by Crippen LogP contribution is 2.27. The van der Waals surface area contributed by atoms with Crippen LogP contribution < -0.4 is 5.32 Å². The summed E-state index contributed by atoms with van der Waals surface area (Å²) in [4.78, 5) is 12.9. The van der Waals surface area contributed by atoms with Crippen molar-refractivity contribution in [2.24, 2.45) is 7.05 Å². The summed E-state index contributed by atoms with van der Waals surface area (Å²) in [5, 5.41) is 3.89. The Bertz CT molecular complexity index is 1160. The summed E-state index contributed by atoms with van der Waals surface area (Å²) in [6.45, 7) is 0. The van der Waals surface area contributed by atoms with E-state index < -0.39 is 10.0 Å². The van der Waals surface area contributed by atoms with Gasteiger partial charge in [0.05, 0.1) is 10.6 Å². The van der Waals surface area contributed by atoms with Gasteiger partial charge in [-0.1, -0.05) is 25.3 Å². The minimum Gasteiger partial charge on any atom is -0.350 e. The summed E-state index contributed by atoms with van der Waals surface area (Å²) in [6, 6.07) is 13.9. The molecular formula is C23H27N3O3S. The van der Waals surface area contributed by atoms with E-state index in [1.807, 2.05) is 42.1 Å². The third-order valence-electron chi connectivity index (χ3n) is 6.06. The molecule has 3 aromatic rings. The number of amides is 1. The maximum absolute atomic E-state index is 13.0. The number of benzene rings is 2. The van der Waals surface area contributed by atoms with Gasteiger partial charge in [-0.3, -0.25) is 4.79 Å². The zero-order chi connectivity index (χ0) is 21.3. The van der Waals surface area contributed by atoms with E-state index in [9.17, 15) is 13.2 Å². The zero-order valence-corrected chi connectivity index (χ0v) is 18.2. The van der Waals surface area contributed by atoms with Crippen LogP contribution in [0.1, 0.15) is 42.5 Å². The van der Waals surface area contributed by atoms with Gasteiger partial charge in [-0.05, 0) is 55.3 Å². The van der Waals surface area contributed by atoms with Crippen LogP contribution in [0.4, 0.5) is 5.69 Å². The molecule has 7 heteroatoms. The van der Waals surface area contributed by atoms with E-state index >= 15 is 0 Å². The van der Waals surface area contributed by atoms with Gasteiger partial charge in [-0.25, -0.2) is 8.42 Å². The molecule has 0 saturated heterocycles. The SMILES string of the molecule is CN(C1CCCCC1)S(=O)(=O)c1ccc(C(=O)Nc2cccc3c2ccn3C)cc1. The van der Waals surface area contributed by atoms with Crippen molar-refractivity contribution >= 4 is 32.5 Å². The molecule has 0 unspecified atom stereocenters. The summed E-state index contributed by atoms with van der Waals surface area (Å²) in [6.07, 6.45) is 7.06. The third-order valence-corrected chi connectivity index (χ3v) is 7.98. The van der Waals surface area contributed by atoms with E-state index in [1.54, 1.807) is 19.2 Å². The number of rotatable bonds is 5. The van der Waals surface area contributed by atoms with E-state index in [0.29, 0.717) is 5.56 Å². The molecule has 0 radical (unpaired) electrons. The van der Waals surface area contributed by atoms with Crippen molar-refractivity contribution in [3.63, 3.8) is 0 Å². The lowest BCUT2D eigenvalue weighted by atomic mass is 9.96. The Hall–Kier alpha value is -2.64. The number of fused-ring (bicyclic) bond motifs is 1. The van der Waals surface area contributed by atoms with Crippen LogP contribution >= 0.6 is 0 Å². The standard InChI is InChI=1S/C23H27N3O3S/c1-25-16-15-20-21(9-6-10-22(20)25)24-23(27)17-11-13-19(14-12-17)30(28,29)26(2)18-7-4-3-5-8-18/h6,9-16,18H,3-5,7-8H2,1-2H3,(H,24,27). The number of nitrogens with one attached hydrogen (secondary N) is 1. The van der Waals surface area contributed by atoms with Gasteiger partial charge in [0.1, 0.15) is 0 Å². The summed E-state index contributed by atoms with van der Waals surface area (Å²) in [7, 11) is 0.0478. The molecule has 0 bridgehead atoms. The van der Waals surface area contributed by atoms with Crippen molar-refractivity contribution in [3.8, 4) is 0 Å². The van der Waals surface area contributed by atoms with Crippen LogP contribution in [-0.4, -0.2) is 36.3 Å². The van der Waals surface area contributed by atoms with E-state index in [4.69, 9.17) is 0 Å². The first-order chi connectivity index (χ1) is 14.4. The smallest absolute Gasteiger partial charge is 0.255 e. The molecule has 1 aliphatic carbocycles. The highest BCUT2D eigenvalue weighted by atomic mass is 32.2. The van der Waals surface area contributed by atoms with Crippen LogP contribution in [0, 0.1) is 0 Å². The van der Waals surface area contributed by atoms with E-state index in [2.05, 4.69) is 5.32 Å². The van der Waals surface area contributed by atoms with Crippen LogP contribution in [0.15, 0.2) is 59.6 Å². The number of nitrogens with zero attached hydrogens (tertiary/aromatic N) is 2. The van der Waals surface area contributed by atoms with Crippen molar-refractivity contribution in [1.29, 1.82) is 0 Å². The molecule has 1 aliphatic rings. The molecular weight excluding hydrogens is 398 g/mol. The lowest BCUT2D eigenvalue weighted by molar-refractivity contribution is 0.102. The van der Waals surface area contributed by atoms with Crippen LogP contribution in [0.3, 0.4) is 0 Å². The molecule has 0 spiro atoms. The maximum atomic E-state index is 13.0. The molecule has 158 valence electrons. The molecule has 6 nitrogen and oxygen atoms in total. The molecule has 2 aromatic carbocycles. The molecule has 1 fully saturated rings. The van der Waals surface area contributed by atoms with Crippen LogP contribution in [-0.2, 0) is 17.1 Å². The average Bonchev–Trinajstić information content (AvgIpc) is 3.16. The van der Waals surface area contributed by atoms with Crippen LogP contribution in [0.2, 0.25) is 0 Å². The monoisotopic (exact) mass is 425 g/mol. The molecule has 1 aromatic heterocycles. The molecule has 1 heterocycles. The minimum atomic E-state index is -3.57. The molecule has 4 rings (SSSR count). The molecule has 1 amide bonds. The second-order valence-corrected chi connectivity index (χ2v) is 9.95. The summed E-state index contributed by atoms with van der Waals surface area (Å²) >= 11 is 0. The van der Waals surface area contributed by atoms with E-state index in [-0.39, 0.29) is 16.8 Å². The van der Waals surface area contributed by atoms with Gasteiger partial charge in [0.25, 0.3) is 5.91 Å². The van der Waals surface area contributed by atoms with Crippen LogP contribution in [0.5, 0.6) is 0 Å². The fraction of sp³-hybridized carbons (Fsp3) is 0.348. The Morgan fingerprint density at radius 3 is 2.43 bits per heavy atom.